The molecule has 0 saturated carbocycles. The molecule has 2 aromatic carbocycles. The molecule has 0 N–H and O–H groups in total. The van der Waals surface area contributed by atoms with Crippen molar-refractivity contribution in [2.45, 2.75) is 88.4 Å². The molecule has 2 heteroatoms. The Labute approximate surface area is 204 Å². The Balaban J connectivity index is 2.01. The van der Waals surface area contributed by atoms with E-state index in [9.17, 15) is 0 Å². The van der Waals surface area contributed by atoms with Gasteiger partial charge in [-0.1, -0.05) is 0 Å². The van der Waals surface area contributed by atoms with Crippen LogP contribution in [0.3, 0.4) is 0 Å². The van der Waals surface area contributed by atoms with Gasteiger partial charge >= 0.3 is 205 Å². The third-order valence-electron chi connectivity index (χ3n) is 7.39. The molecule has 0 heterocycles. The summed E-state index contributed by atoms with van der Waals surface area (Å²) < 4.78 is 2.57. The van der Waals surface area contributed by atoms with Crippen LogP contribution in [0.25, 0.3) is 11.1 Å². The summed E-state index contributed by atoms with van der Waals surface area (Å²) in [6.45, 7) is 19.0. The molecule has 0 nitrogen and oxygen atoms in total. The van der Waals surface area contributed by atoms with E-state index >= 15 is 0 Å². The molecule has 0 spiro atoms. The van der Waals surface area contributed by atoms with E-state index < -0.39 is 20.4 Å². The Kier molecular flexibility index (Phi) is 6.79. The summed E-state index contributed by atoms with van der Waals surface area (Å²) in [7, 11) is 0. The van der Waals surface area contributed by atoms with E-state index in [-0.39, 0.29) is 16.3 Å². The van der Waals surface area contributed by atoms with E-state index in [0.29, 0.717) is 3.63 Å². The molecule has 4 rings (SSSR count). The summed E-state index contributed by atoms with van der Waals surface area (Å²) in [6, 6.07) is 17.9. The summed E-state index contributed by atoms with van der Waals surface area (Å²) in [4.78, 5) is 0. The quantitative estimate of drug-likeness (QED) is 0.354. The zero-order valence-electron chi connectivity index (χ0n) is 21.4. The van der Waals surface area contributed by atoms with E-state index in [1.807, 2.05) is 3.28 Å². The predicted octanol–water partition coefficient (Wildman–Crippen LogP) is 8.84. The molecule has 0 fully saturated rings. The number of allylic oxidation sites excluding steroid dienone is 4. The summed E-state index contributed by atoms with van der Waals surface area (Å²) >= 11 is -1.90. The molecule has 168 valence electrons. The minimum atomic E-state index is -1.90. The van der Waals surface area contributed by atoms with Gasteiger partial charge in [-0.2, -0.15) is 0 Å². The van der Waals surface area contributed by atoms with Gasteiger partial charge in [0.1, 0.15) is 0 Å². The van der Waals surface area contributed by atoms with E-state index in [2.05, 4.69) is 110 Å². The van der Waals surface area contributed by atoms with Gasteiger partial charge < -0.3 is 0 Å². The molecule has 0 atom stereocenters. The van der Waals surface area contributed by atoms with Crippen LogP contribution in [0.15, 0.2) is 57.9 Å². The average molecular weight is 520 g/mol. The zero-order chi connectivity index (χ0) is 23.3. The topological polar surface area (TPSA) is 0 Å². The van der Waals surface area contributed by atoms with Crippen molar-refractivity contribution < 1.29 is 20.4 Å². The van der Waals surface area contributed by atoms with Gasteiger partial charge in [0.05, 0.1) is 0 Å². The Hall–Kier alpha value is -0.980. The van der Waals surface area contributed by atoms with Crippen LogP contribution < -0.4 is 0 Å². The number of hydrogen-bond acceptors (Lipinski definition) is 0. The molecule has 0 radical (unpaired) electrons. The summed E-state index contributed by atoms with van der Waals surface area (Å²) in [6.07, 6.45) is 8.49. The van der Waals surface area contributed by atoms with Gasteiger partial charge in [0.15, 0.2) is 0 Å². The van der Waals surface area contributed by atoms with E-state index in [4.69, 9.17) is 0 Å². The molecule has 0 aromatic heterocycles. The van der Waals surface area contributed by atoms with Crippen LogP contribution in [0.5, 0.6) is 0 Å². The second-order valence-electron chi connectivity index (χ2n) is 11.6. The van der Waals surface area contributed by atoms with Crippen LogP contribution in [0.2, 0.25) is 12.1 Å². The van der Waals surface area contributed by atoms with E-state index in [0.717, 1.165) is 0 Å². The molecule has 2 aromatic rings. The second kappa shape index (κ2) is 8.99. The Morgan fingerprint density at radius 1 is 0.812 bits per heavy atom. The summed E-state index contributed by atoms with van der Waals surface area (Å²) in [5, 5.41) is 0. The van der Waals surface area contributed by atoms with E-state index in [1.165, 1.54) is 29.6 Å². The first-order valence-electron chi connectivity index (χ1n) is 12.4. The Bertz CT molecular complexity index is 1060. The van der Waals surface area contributed by atoms with Gasteiger partial charge in [0.25, 0.3) is 0 Å². The van der Waals surface area contributed by atoms with Gasteiger partial charge in [-0.25, -0.2) is 0 Å². The second-order valence-corrected chi connectivity index (χ2v) is 27.6. The molecular weight excluding hydrogens is 480 g/mol. The predicted molar refractivity (Wildman–Crippen MR) is 140 cm³/mol. The minimum absolute atomic E-state index is 0.177. The fraction of sp³-hybridized carbons (Fsp3) is 0.467. The van der Waals surface area contributed by atoms with Gasteiger partial charge in [-0.15, -0.1) is 0 Å². The van der Waals surface area contributed by atoms with Gasteiger partial charge in [-0.3, -0.25) is 0 Å². The molecule has 0 unspecified atom stereocenters. The van der Waals surface area contributed by atoms with Crippen LogP contribution in [0.1, 0.15) is 87.7 Å². The first kappa shape index (κ1) is 24.2. The van der Waals surface area contributed by atoms with Crippen molar-refractivity contribution in [3.05, 3.63) is 80.2 Å². The van der Waals surface area contributed by atoms with E-state index in [1.54, 1.807) is 22.3 Å². The molecule has 32 heavy (non-hydrogen) atoms. The fourth-order valence-electron chi connectivity index (χ4n) is 5.39. The number of fused-ring (bicyclic) bond motifs is 3. The summed E-state index contributed by atoms with van der Waals surface area (Å²) in [5.74, 6) is 0. The molecule has 0 amide bonds. The van der Waals surface area contributed by atoms with Crippen LogP contribution in [-0.2, 0) is 31.2 Å². The normalized spacial score (nSPS) is 15.6. The van der Waals surface area contributed by atoms with Crippen LogP contribution in [0, 0.1) is 0 Å². The van der Waals surface area contributed by atoms with Crippen molar-refractivity contribution in [2.75, 3.05) is 0 Å². The third kappa shape index (κ3) is 4.39. The molecular formula is C30H40SiZr. The SMILES string of the molecule is CC[Si](CC)=[Zr]([C]1=CC=CC1)[CH]1c2ccc(C(C)(C)C)cc2-c2cc(C(C)(C)C)ccc21. The monoisotopic (exact) mass is 518 g/mol. The number of rotatable bonds is 4. The first-order chi connectivity index (χ1) is 15.1. The number of hydrogen-bond donors (Lipinski definition) is 0. The maximum atomic E-state index is 2.55. The summed E-state index contributed by atoms with van der Waals surface area (Å²) in [5.41, 5.74) is 9.39. The first-order valence-corrected chi connectivity index (χ1v) is 20.7. The molecule has 0 aliphatic heterocycles. The third-order valence-corrected chi connectivity index (χ3v) is 29.9. The van der Waals surface area contributed by atoms with Crippen molar-refractivity contribution in [2.24, 2.45) is 0 Å². The fourth-order valence-corrected chi connectivity index (χ4v) is 27.6. The Morgan fingerprint density at radius 2 is 1.31 bits per heavy atom. The van der Waals surface area contributed by atoms with Gasteiger partial charge in [-0.05, 0) is 0 Å². The van der Waals surface area contributed by atoms with Crippen molar-refractivity contribution >= 4 is 5.43 Å². The van der Waals surface area contributed by atoms with Crippen LogP contribution >= 0.6 is 0 Å². The van der Waals surface area contributed by atoms with Crippen molar-refractivity contribution in [1.29, 1.82) is 0 Å². The van der Waals surface area contributed by atoms with Gasteiger partial charge in [0, 0.05) is 0 Å². The Morgan fingerprint density at radius 3 is 1.69 bits per heavy atom. The molecule has 2 aliphatic rings. The van der Waals surface area contributed by atoms with Gasteiger partial charge in [0.2, 0.25) is 0 Å². The van der Waals surface area contributed by atoms with Crippen molar-refractivity contribution in [1.82, 2.24) is 0 Å². The molecule has 0 bridgehead atoms. The van der Waals surface area contributed by atoms with Crippen LogP contribution in [0.4, 0.5) is 0 Å². The van der Waals surface area contributed by atoms with Crippen LogP contribution in [-0.4, -0.2) is 5.43 Å². The molecule has 0 saturated heterocycles. The maximum absolute atomic E-state index is 2.55. The molecule has 2 aliphatic carbocycles. The van der Waals surface area contributed by atoms with Crippen molar-refractivity contribution in [3.63, 3.8) is 0 Å². The number of benzene rings is 2. The van der Waals surface area contributed by atoms with Crippen molar-refractivity contribution in [3.8, 4) is 11.1 Å². The standard InChI is InChI=1S/C21H25.C5H5.C4H10Si.Zr/c1-20(2,3)16-9-7-14-11-15-8-10-17(21(4,5)6)13-19(15)18(14)12-16;1-2-4-5-3-1;1-3-5-4-2;/h7-13H,1-6H3;1-3H,4H2;3-4H2,1-2H3;. The zero-order valence-corrected chi connectivity index (χ0v) is 24.9. The average Bonchev–Trinajstić information content (AvgIpc) is 3.36.